The Hall–Kier alpha value is -4.07. The first-order valence-electron chi connectivity index (χ1n) is 15.3. The van der Waals surface area contributed by atoms with E-state index in [0.29, 0.717) is 12.2 Å². The molecule has 44 heavy (non-hydrogen) atoms. The molecule has 1 fully saturated rings. The van der Waals surface area contributed by atoms with Crippen LogP contribution in [0.2, 0.25) is 0 Å². The van der Waals surface area contributed by atoms with Gasteiger partial charge in [0.1, 0.15) is 0 Å². The molecule has 1 saturated heterocycles. The highest BCUT2D eigenvalue weighted by atomic mass is 16.4. The van der Waals surface area contributed by atoms with Crippen molar-refractivity contribution in [2.24, 2.45) is 0 Å². The van der Waals surface area contributed by atoms with Crippen LogP contribution in [0.25, 0.3) is 17.3 Å². The minimum atomic E-state index is -1.26. The third-order valence-corrected chi connectivity index (χ3v) is 8.39. The van der Waals surface area contributed by atoms with E-state index >= 15 is 0 Å². The van der Waals surface area contributed by atoms with E-state index < -0.39 is 11.9 Å². The molecule has 7 nitrogen and oxygen atoms in total. The lowest BCUT2D eigenvalue weighted by Crippen LogP contribution is -2.46. The molecule has 7 heteroatoms. The van der Waals surface area contributed by atoms with Crippen LogP contribution >= 0.6 is 0 Å². The first-order valence-corrected chi connectivity index (χ1v) is 15.3. The van der Waals surface area contributed by atoms with Crippen molar-refractivity contribution in [3.05, 3.63) is 105 Å². The minimum Gasteiger partial charge on any atom is -0.478 e. The SMILES string of the molecule is Cc1cc(/C=C/CCCN2CCN(Cc3ccnc(-c4cc(C)c(C)c(C)c4)c3)CC2)cc(C)c1C.O=C(O)/C=C/C(=O)O. The highest BCUT2D eigenvalue weighted by Gasteiger charge is 2.17. The van der Waals surface area contributed by atoms with Crippen LogP contribution in [-0.2, 0) is 16.1 Å². The molecule has 0 amide bonds. The number of aliphatic carboxylic acids is 2. The van der Waals surface area contributed by atoms with E-state index in [1.165, 1.54) is 63.0 Å². The number of pyridine rings is 1. The summed E-state index contributed by atoms with van der Waals surface area (Å²) in [5.41, 5.74) is 13.2. The van der Waals surface area contributed by atoms with E-state index in [1.54, 1.807) is 0 Å². The summed E-state index contributed by atoms with van der Waals surface area (Å²) < 4.78 is 0. The maximum atomic E-state index is 9.55. The number of carboxylic acid groups (broad SMARTS) is 2. The number of allylic oxidation sites excluding steroid dienone is 1. The third kappa shape index (κ3) is 10.9. The molecule has 0 unspecified atom stereocenters. The molecule has 0 radical (unpaired) electrons. The Bertz CT molecular complexity index is 1440. The van der Waals surface area contributed by atoms with Crippen molar-refractivity contribution < 1.29 is 19.8 Å². The third-order valence-electron chi connectivity index (χ3n) is 8.39. The second-order valence-corrected chi connectivity index (χ2v) is 11.7. The summed E-state index contributed by atoms with van der Waals surface area (Å²) in [6.07, 6.45) is 10.1. The molecule has 2 aromatic carbocycles. The molecule has 0 atom stereocenters. The molecule has 2 N–H and O–H groups in total. The lowest BCUT2D eigenvalue weighted by atomic mass is 9.98. The van der Waals surface area contributed by atoms with Gasteiger partial charge in [-0.15, -0.1) is 0 Å². The first kappa shape index (κ1) is 34.4. The molecule has 4 rings (SSSR count). The maximum absolute atomic E-state index is 9.55. The van der Waals surface area contributed by atoms with Gasteiger partial charge in [0.2, 0.25) is 0 Å². The number of carbonyl (C=O) groups is 2. The topological polar surface area (TPSA) is 94.0 Å². The maximum Gasteiger partial charge on any atom is 0.328 e. The first-order chi connectivity index (χ1) is 20.9. The number of hydrogen-bond acceptors (Lipinski definition) is 5. The zero-order valence-electron chi connectivity index (χ0n) is 27.1. The van der Waals surface area contributed by atoms with Gasteiger partial charge in [0.15, 0.2) is 0 Å². The van der Waals surface area contributed by atoms with E-state index in [1.807, 2.05) is 6.20 Å². The van der Waals surface area contributed by atoms with Crippen LogP contribution in [0.1, 0.15) is 57.3 Å². The molecule has 0 spiro atoms. The van der Waals surface area contributed by atoms with Crippen molar-refractivity contribution in [3.63, 3.8) is 0 Å². The molecule has 2 heterocycles. The number of carboxylic acids is 2. The predicted octanol–water partition coefficient (Wildman–Crippen LogP) is 6.92. The van der Waals surface area contributed by atoms with Crippen LogP contribution < -0.4 is 0 Å². The van der Waals surface area contributed by atoms with E-state index in [2.05, 4.69) is 105 Å². The Morgan fingerprint density at radius 3 is 1.84 bits per heavy atom. The molecule has 3 aromatic rings. The smallest absolute Gasteiger partial charge is 0.328 e. The average molecular weight is 598 g/mol. The van der Waals surface area contributed by atoms with Gasteiger partial charge in [-0.3, -0.25) is 9.88 Å². The van der Waals surface area contributed by atoms with Crippen molar-refractivity contribution >= 4 is 18.0 Å². The quantitative estimate of drug-likeness (QED) is 0.194. The second-order valence-electron chi connectivity index (χ2n) is 11.7. The van der Waals surface area contributed by atoms with Crippen LogP contribution in [-0.4, -0.2) is 69.7 Å². The number of hydrogen-bond donors (Lipinski definition) is 2. The lowest BCUT2D eigenvalue weighted by molar-refractivity contribution is -0.134. The second kappa shape index (κ2) is 16.7. The molecule has 0 bridgehead atoms. The molecule has 0 saturated carbocycles. The Kier molecular flexibility index (Phi) is 13.1. The van der Waals surface area contributed by atoms with Gasteiger partial charge < -0.3 is 15.1 Å². The largest absolute Gasteiger partial charge is 0.478 e. The van der Waals surface area contributed by atoms with Crippen molar-refractivity contribution in [2.45, 2.75) is 60.9 Å². The molecule has 234 valence electrons. The predicted molar refractivity (Wildman–Crippen MR) is 179 cm³/mol. The van der Waals surface area contributed by atoms with E-state index in [0.717, 1.165) is 44.8 Å². The lowest BCUT2D eigenvalue weighted by Gasteiger charge is -2.34. The zero-order chi connectivity index (χ0) is 32.2. The molecular weight excluding hydrogens is 550 g/mol. The normalized spacial score (nSPS) is 14.1. The van der Waals surface area contributed by atoms with Gasteiger partial charge in [-0.2, -0.15) is 0 Å². The van der Waals surface area contributed by atoms with Gasteiger partial charge in [0.05, 0.1) is 5.69 Å². The minimum absolute atomic E-state index is 0.558. The Labute approximate surface area is 262 Å². The fraction of sp³-hybridized carbons (Fsp3) is 0.378. The summed E-state index contributed by atoms with van der Waals surface area (Å²) in [6, 6.07) is 13.6. The van der Waals surface area contributed by atoms with Crippen LogP contribution in [0.3, 0.4) is 0 Å². The van der Waals surface area contributed by atoms with Crippen LogP contribution in [0.4, 0.5) is 0 Å². The fourth-order valence-electron chi connectivity index (χ4n) is 5.30. The van der Waals surface area contributed by atoms with Gasteiger partial charge in [-0.25, -0.2) is 9.59 Å². The number of rotatable bonds is 10. The molecule has 0 aliphatic carbocycles. The number of benzene rings is 2. The van der Waals surface area contributed by atoms with Gasteiger partial charge >= 0.3 is 11.9 Å². The summed E-state index contributed by atoms with van der Waals surface area (Å²) in [4.78, 5) is 29.0. The molecular formula is C37H47N3O4. The van der Waals surface area contributed by atoms with Crippen molar-refractivity contribution in [2.75, 3.05) is 32.7 Å². The van der Waals surface area contributed by atoms with Crippen molar-refractivity contribution in [1.82, 2.24) is 14.8 Å². The Balaban J connectivity index is 0.000000583. The number of nitrogens with zero attached hydrogens (tertiary/aromatic N) is 3. The number of unbranched alkanes of at least 4 members (excludes halogenated alkanes) is 1. The summed E-state index contributed by atoms with van der Waals surface area (Å²) in [5.74, 6) is -2.51. The van der Waals surface area contributed by atoms with E-state index in [4.69, 9.17) is 10.2 Å². The van der Waals surface area contributed by atoms with Gasteiger partial charge in [-0.05, 0) is 130 Å². The zero-order valence-corrected chi connectivity index (χ0v) is 27.1. The van der Waals surface area contributed by atoms with Gasteiger partial charge in [0.25, 0.3) is 0 Å². The monoisotopic (exact) mass is 597 g/mol. The van der Waals surface area contributed by atoms with Crippen LogP contribution in [0.15, 0.2) is 60.8 Å². The van der Waals surface area contributed by atoms with Crippen molar-refractivity contribution in [3.8, 4) is 11.3 Å². The summed E-state index contributed by atoms with van der Waals surface area (Å²) >= 11 is 0. The van der Waals surface area contributed by atoms with Gasteiger partial charge in [-0.1, -0.05) is 24.3 Å². The van der Waals surface area contributed by atoms with E-state index in [9.17, 15) is 9.59 Å². The van der Waals surface area contributed by atoms with Crippen molar-refractivity contribution in [1.29, 1.82) is 0 Å². The summed E-state index contributed by atoms with van der Waals surface area (Å²) in [6.45, 7) is 20.0. The number of aromatic nitrogens is 1. The summed E-state index contributed by atoms with van der Waals surface area (Å²) in [7, 11) is 0. The number of piperazine rings is 1. The highest BCUT2D eigenvalue weighted by Crippen LogP contribution is 2.24. The highest BCUT2D eigenvalue weighted by molar-refractivity contribution is 5.89. The van der Waals surface area contributed by atoms with Crippen LogP contribution in [0, 0.1) is 41.5 Å². The van der Waals surface area contributed by atoms with Crippen LogP contribution in [0.5, 0.6) is 0 Å². The molecule has 1 aliphatic heterocycles. The average Bonchev–Trinajstić information content (AvgIpc) is 2.98. The Morgan fingerprint density at radius 2 is 1.30 bits per heavy atom. The standard InChI is InChI=1S/C33H43N3.C4H4O4/c1-24-18-30(19-25(2)28(24)5)10-8-7-9-13-35-14-16-36(17-15-35)23-31-11-12-34-33(22-31)32-20-26(3)29(6)27(4)21-32;5-3(6)1-2-4(7)8/h8,10-12,18-22H,7,9,13-17,23H2,1-6H3;1-2H,(H,5,6)(H,7,8)/b10-8+;2-1+. The molecule has 1 aliphatic rings. The van der Waals surface area contributed by atoms with Gasteiger partial charge in [0, 0.05) is 56.6 Å². The molecule has 1 aromatic heterocycles. The van der Waals surface area contributed by atoms with E-state index in [-0.39, 0.29) is 0 Å². The summed E-state index contributed by atoms with van der Waals surface area (Å²) in [5, 5.41) is 15.6. The number of aryl methyl sites for hydroxylation is 4. The fourth-order valence-corrected chi connectivity index (χ4v) is 5.30. The Morgan fingerprint density at radius 1 is 0.773 bits per heavy atom.